The lowest BCUT2D eigenvalue weighted by Crippen LogP contribution is -2.82. The molecule has 0 aromatic rings. The van der Waals surface area contributed by atoms with E-state index in [2.05, 4.69) is 5.32 Å². The number of nitrogens with two attached hydrogens (primary N) is 1. The van der Waals surface area contributed by atoms with Gasteiger partial charge in [-0.3, -0.25) is 4.79 Å². The Balaban J connectivity index is 2.02. The van der Waals surface area contributed by atoms with Crippen LogP contribution in [0.25, 0.3) is 0 Å². The zero-order chi connectivity index (χ0) is 14.1. The van der Waals surface area contributed by atoms with E-state index < -0.39 is 5.54 Å². The molecule has 3 N–H and O–H groups in total. The summed E-state index contributed by atoms with van der Waals surface area (Å²) in [5.41, 5.74) is 5.41. The Morgan fingerprint density at radius 2 is 2.26 bits per heavy atom. The minimum atomic E-state index is -0.784. The Hall–Kier alpha value is -0.870. The van der Waals surface area contributed by atoms with E-state index in [9.17, 15) is 4.79 Å². The zero-order valence-electron chi connectivity index (χ0n) is 12.2. The fourth-order valence-electron chi connectivity index (χ4n) is 3.62. The van der Waals surface area contributed by atoms with Gasteiger partial charge in [0, 0.05) is 24.5 Å². The van der Waals surface area contributed by atoms with Gasteiger partial charge in [0.15, 0.2) is 0 Å². The molecule has 2 aliphatic rings. The van der Waals surface area contributed by atoms with Gasteiger partial charge < -0.3 is 15.8 Å². The van der Waals surface area contributed by atoms with Gasteiger partial charge in [0.2, 0.25) is 5.91 Å². The summed E-state index contributed by atoms with van der Waals surface area (Å²) in [5, 5.41) is 2.98. The predicted molar refractivity (Wildman–Crippen MR) is 75.6 cm³/mol. The van der Waals surface area contributed by atoms with Gasteiger partial charge in [-0.15, -0.1) is 0 Å². The van der Waals surface area contributed by atoms with E-state index in [1.165, 1.54) is 0 Å². The van der Waals surface area contributed by atoms with Crippen LogP contribution >= 0.6 is 0 Å². The molecule has 1 heterocycles. The molecule has 4 heteroatoms. The van der Waals surface area contributed by atoms with Crippen molar-refractivity contribution in [3.05, 3.63) is 12.2 Å². The predicted octanol–water partition coefficient (Wildman–Crippen LogP) is 1.60. The molecule has 1 aliphatic heterocycles. The Bertz CT molecular complexity index is 378. The largest absolute Gasteiger partial charge is 0.377 e. The third-order valence-electron chi connectivity index (χ3n) is 4.89. The molecule has 1 saturated carbocycles. The second-order valence-electron chi connectivity index (χ2n) is 6.24. The third kappa shape index (κ3) is 2.11. The van der Waals surface area contributed by atoms with Gasteiger partial charge in [0.1, 0.15) is 5.54 Å². The average Bonchev–Trinajstić information content (AvgIpc) is 2.42. The highest BCUT2D eigenvalue weighted by Gasteiger charge is 2.70. The van der Waals surface area contributed by atoms with Crippen molar-refractivity contribution in [3.8, 4) is 0 Å². The Morgan fingerprint density at radius 3 is 2.95 bits per heavy atom. The molecule has 4 nitrogen and oxygen atoms in total. The molecule has 0 aromatic carbocycles. The molecular weight excluding hydrogens is 240 g/mol. The van der Waals surface area contributed by atoms with Crippen molar-refractivity contribution in [1.82, 2.24) is 5.32 Å². The van der Waals surface area contributed by atoms with Crippen LogP contribution in [0.1, 0.15) is 40.0 Å². The maximum atomic E-state index is 12.5. The normalized spacial score (nSPS) is 36.6. The van der Waals surface area contributed by atoms with Crippen LogP contribution < -0.4 is 11.1 Å². The lowest BCUT2D eigenvalue weighted by molar-refractivity contribution is -0.225. The highest BCUT2D eigenvalue weighted by atomic mass is 16.5. The maximum absolute atomic E-state index is 12.5. The molecule has 0 radical (unpaired) electrons. The summed E-state index contributed by atoms with van der Waals surface area (Å²) in [5.74, 6) is 0.145. The standard InChI is InChI=1S/C15H26N2O2/c1-4-5-6-9-17-13(18)15(16)11-8-7-10-19-12(11)14(15,2)3/h4-5,11-12H,6-10,16H2,1-3H3,(H,17,18)/b5-4+. The smallest absolute Gasteiger partial charge is 0.241 e. The van der Waals surface area contributed by atoms with Gasteiger partial charge in [-0.25, -0.2) is 0 Å². The Morgan fingerprint density at radius 1 is 1.53 bits per heavy atom. The summed E-state index contributed by atoms with van der Waals surface area (Å²) in [6, 6.07) is 0. The summed E-state index contributed by atoms with van der Waals surface area (Å²) in [6.07, 6.45) is 7.01. The Labute approximate surface area is 115 Å². The lowest BCUT2D eigenvalue weighted by Gasteiger charge is -2.65. The van der Waals surface area contributed by atoms with Gasteiger partial charge in [-0.2, -0.15) is 0 Å². The highest BCUT2D eigenvalue weighted by molar-refractivity contribution is 5.89. The first-order chi connectivity index (χ1) is 8.96. The topological polar surface area (TPSA) is 64.4 Å². The zero-order valence-corrected chi connectivity index (χ0v) is 12.2. The number of allylic oxidation sites excluding steroid dienone is 1. The number of rotatable bonds is 4. The minimum absolute atomic E-state index is 0.0197. The molecule has 3 atom stereocenters. The second-order valence-corrected chi connectivity index (χ2v) is 6.24. The van der Waals surface area contributed by atoms with Crippen molar-refractivity contribution >= 4 is 5.91 Å². The van der Waals surface area contributed by atoms with E-state index in [1.807, 2.05) is 32.9 Å². The van der Waals surface area contributed by atoms with Crippen LogP contribution in [0.3, 0.4) is 0 Å². The molecule has 2 fully saturated rings. The van der Waals surface area contributed by atoms with E-state index in [1.54, 1.807) is 0 Å². The number of nitrogens with one attached hydrogen (secondary N) is 1. The molecule has 19 heavy (non-hydrogen) atoms. The van der Waals surface area contributed by atoms with Crippen LogP contribution in [0, 0.1) is 11.3 Å². The van der Waals surface area contributed by atoms with E-state index in [4.69, 9.17) is 10.5 Å². The average molecular weight is 266 g/mol. The van der Waals surface area contributed by atoms with Crippen molar-refractivity contribution in [2.75, 3.05) is 13.2 Å². The minimum Gasteiger partial charge on any atom is -0.377 e. The maximum Gasteiger partial charge on any atom is 0.241 e. The van der Waals surface area contributed by atoms with Gasteiger partial charge in [0.25, 0.3) is 0 Å². The van der Waals surface area contributed by atoms with Crippen LogP contribution in [0.5, 0.6) is 0 Å². The molecule has 0 spiro atoms. The van der Waals surface area contributed by atoms with E-state index in [0.29, 0.717) is 6.54 Å². The number of ether oxygens (including phenoxy) is 1. The monoisotopic (exact) mass is 266 g/mol. The molecule has 0 bridgehead atoms. The van der Waals surface area contributed by atoms with Gasteiger partial charge in [0.05, 0.1) is 6.10 Å². The first kappa shape index (κ1) is 14.5. The number of hydrogen-bond acceptors (Lipinski definition) is 3. The molecule has 1 saturated heterocycles. The molecule has 1 amide bonds. The van der Waals surface area contributed by atoms with Crippen LogP contribution in [-0.2, 0) is 9.53 Å². The van der Waals surface area contributed by atoms with Gasteiger partial charge in [-0.1, -0.05) is 26.0 Å². The van der Waals surface area contributed by atoms with Crippen LogP contribution in [0.4, 0.5) is 0 Å². The SMILES string of the molecule is C/C=C/CCNC(=O)C1(N)C2CCCOC2C1(C)C. The number of carbonyl (C=O) groups is 1. The summed E-state index contributed by atoms with van der Waals surface area (Å²) >= 11 is 0. The van der Waals surface area contributed by atoms with Crippen LogP contribution in [0.15, 0.2) is 12.2 Å². The molecule has 2 rings (SSSR count). The summed E-state index contributed by atoms with van der Waals surface area (Å²) in [6.45, 7) is 7.52. The number of fused-ring (bicyclic) bond motifs is 1. The van der Waals surface area contributed by atoms with Crippen LogP contribution in [0.2, 0.25) is 0 Å². The third-order valence-corrected chi connectivity index (χ3v) is 4.89. The van der Waals surface area contributed by atoms with Crippen molar-refractivity contribution in [2.24, 2.45) is 17.1 Å². The van der Waals surface area contributed by atoms with Gasteiger partial charge in [-0.05, 0) is 26.2 Å². The van der Waals surface area contributed by atoms with Crippen molar-refractivity contribution < 1.29 is 9.53 Å². The quantitative estimate of drug-likeness (QED) is 0.600. The summed E-state index contributed by atoms with van der Waals surface area (Å²) in [4.78, 5) is 12.5. The van der Waals surface area contributed by atoms with Crippen LogP contribution in [-0.4, -0.2) is 30.7 Å². The fraction of sp³-hybridized carbons (Fsp3) is 0.800. The van der Waals surface area contributed by atoms with Crippen molar-refractivity contribution in [2.45, 2.75) is 51.7 Å². The Kier molecular flexibility index (Phi) is 4.02. The second kappa shape index (κ2) is 5.25. The number of hydrogen-bond donors (Lipinski definition) is 2. The number of amides is 1. The molecular formula is C15H26N2O2. The van der Waals surface area contributed by atoms with E-state index in [0.717, 1.165) is 25.9 Å². The summed E-state index contributed by atoms with van der Waals surface area (Å²) < 4.78 is 5.81. The first-order valence-corrected chi connectivity index (χ1v) is 7.26. The number of carbonyl (C=O) groups excluding carboxylic acids is 1. The first-order valence-electron chi connectivity index (χ1n) is 7.26. The van der Waals surface area contributed by atoms with E-state index in [-0.39, 0.29) is 23.3 Å². The van der Waals surface area contributed by atoms with Crippen molar-refractivity contribution in [1.29, 1.82) is 0 Å². The molecule has 1 aliphatic carbocycles. The summed E-state index contributed by atoms with van der Waals surface area (Å²) in [7, 11) is 0. The lowest BCUT2D eigenvalue weighted by atomic mass is 9.46. The molecule has 0 aromatic heterocycles. The van der Waals surface area contributed by atoms with Crippen molar-refractivity contribution in [3.63, 3.8) is 0 Å². The highest BCUT2D eigenvalue weighted by Crippen LogP contribution is 2.57. The van der Waals surface area contributed by atoms with E-state index >= 15 is 0 Å². The van der Waals surface area contributed by atoms with Gasteiger partial charge >= 0.3 is 0 Å². The fourth-order valence-corrected chi connectivity index (χ4v) is 3.62. The molecule has 3 unspecified atom stereocenters. The molecule has 108 valence electrons.